The fraction of sp³-hybridized carbons (Fsp3) is 0.773. The van der Waals surface area contributed by atoms with E-state index in [1.807, 2.05) is 0 Å². The monoisotopic (exact) mass is 390 g/mol. The Morgan fingerprint density at radius 1 is 1.29 bits per heavy atom. The molecule has 0 aromatic rings. The van der Waals surface area contributed by atoms with E-state index in [0.717, 1.165) is 12.8 Å². The fourth-order valence-corrected chi connectivity index (χ4v) is 7.08. The van der Waals surface area contributed by atoms with Crippen LogP contribution in [0.5, 0.6) is 0 Å². The molecular formula is C22H30O6. The summed E-state index contributed by atoms with van der Waals surface area (Å²) in [5.41, 5.74) is -1.71. The summed E-state index contributed by atoms with van der Waals surface area (Å²) in [6.07, 6.45) is 2.83. The zero-order chi connectivity index (χ0) is 20.5. The zero-order valence-corrected chi connectivity index (χ0v) is 17.0. The lowest BCUT2D eigenvalue weighted by molar-refractivity contribution is -0.247. The molecular weight excluding hydrogens is 360 g/mol. The van der Waals surface area contributed by atoms with Crippen LogP contribution >= 0.6 is 0 Å². The van der Waals surface area contributed by atoms with Crippen molar-refractivity contribution in [2.24, 2.45) is 34.0 Å². The minimum Gasteiger partial charge on any atom is -0.464 e. The average Bonchev–Trinajstić information content (AvgIpc) is 2.82. The minimum absolute atomic E-state index is 0.0165. The summed E-state index contributed by atoms with van der Waals surface area (Å²) in [7, 11) is 0. The van der Waals surface area contributed by atoms with E-state index in [0.29, 0.717) is 24.8 Å². The summed E-state index contributed by atoms with van der Waals surface area (Å²) < 4.78 is 11.5. The van der Waals surface area contributed by atoms with Gasteiger partial charge in [0.1, 0.15) is 18.1 Å². The van der Waals surface area contributed by atoms with E-state index in [1.165, 1.54) is 6.92 Å². The van der Waals surface area contributed by atoms with Crippen LogP contribution in [0, 0.1) is 34.0 Å². The molecule has 4 fully saturated rings. The van der Waals surface area contributed by atoms with E-state index in [1.54, 1.807) is 0 Å². The third-order valence-electron chi connectivity index (χ3n) is 8.36. The lowest BCUT2D eigenvalue weighted by Crippen LogP contribution is -2.68. The van der Waals surface area contributed by atoms with E-state index in [4.69, 9.17) is 9.47 Å². The van der Waals surface area contributed by atoms with Crippen molar-refractivity contribution in [3.63, 3.8) is 0 Å². The van der Waals surface area contributed by atoms with Crippen molar-refractivity contribution >= 4 is 17.7 Å². The number of carbonyl (C=O) groups excluding carboxylic acids is 3. The van der Waals surface area contributed by atoms with Crippen LogP contribution < -0.4 is 0 Å². The van der Waals surface area contributed by atoms with Crippen molar-refractivity contribution in [2.45, 2.75) is 59.0 Å². The molecule has 3 saturated carbocycles. The number of aliphatic hydroxyl groups is 1. The normalized spacial score (nSPS) is 44.2. The van der Waals surface area contributed by atoms with Crippen molar-refractivity contribution in [1.29, 1.82) is 0 Å². The van der Waals surface area contributed by atoms with E-state index >= 15 is 0 Å². The second-order valence-corrected chi connectivity index (χ2v) is 9.91. The SMILES string of the molecule is C=C1C(=O)[C@]23C[C@@H]1CC[C@H]2[C@]1(COC3=O)[C@@H](OC(C)=O)CCC(C)(C)[C@H]1CO. The van der Waals surface area contributed by atoms with Crippen molar-refractivity contribution in [3.8, 4) is 0 Å². The highest BCUT2D eigenvalue weighted by atomic mass is 16.6. The van der Waals surface area contributed by atoms with Gasteiger partial charge in [-0.3, -0.25) is 14.4 Å². The molecule has 1 aliphatic heterocycles. The van der Waals surface area contributed by atoms with Crippen LogP contribution in [0.1, 0.15) is 52.9 Å². The molecule has 3 aliphatic carbocycles. The Labute approximate surface area is 165 Å². The number of ether oxygens (including phenoxy) is 2. The molecule has 28 heavy (non-hydrogen) atoms. The summed E-state index contributed by atoms with van der Waals surface area (Å²) >= 11 is 0. The maximum atomic E-state index is 13.3. The van der Waals surface area contributed by atoms with Gasteiger partial charge in [-0.05, 0) is 60.8 Å². The standard InChI is InChI=1S/C22H30O6/c1-12-14-5-6-15-21(9-14,18(12)25)19(26)27-11-22(15)16(10-23)20(3,4)8-7-17(22)28-13(2)24/h14-17,23H,1,5-11H2,2-4H3/t14-,15+,16+,17-,21-,22-/m0/s1. The Morgan fingerprint density at radius 3 is 2.64 bits per heavy atom. The van der Waals surface area contributed by atoms with E-state index < -0.39 is 22.9 Å². The van der Waals surface area contributed by atoms with Gasteiger partial charge in [0.05, 0.1) is 5.41 Å². The van der Waals surface area contributed by atoms with Gasteiger partial charge >= 0.3 is 11.9 Å². The lowest BCUT2D eigenvalue weighted by atomic mass is 9.44. The molecule has 1 saturated heterocycles. The van der Waals surface area contributed by atoms with Gasteiger partial charge < -0.3 is 14.6 Å². The van der Waals surface area contributed by atoms with Gasteiger partial charge in [0.2, 0.25) is 0 Å². The molecule has 1 N–H and O–H groups in total. The third-order valence-corrected chi connectivity index (χ3v) is 8.36. The molecule has 6 nitrogen and oxygen atoms in total. The minimum atomic E-state index is -1.24. The number of hydrogen-bond acceptors (Lipinski definition) is 6. The van der Waals surface area contributed by atoms with Gasteiger partial charge in [-0.25, -0.2) is 0 Å². The predicted octanol–water partition coefficient (Wildman–Crippen LogP) is 2.43. The fourth-order valence-electron chi connectivity index (χ4n) is 7.08. The van der Waals surface area contributed by atoms with Crippen LogP contribution in [0.3, 0.4) is 0 Å². The van der Waals surface area contributed by atoms with Gasteiger partial charge in [-0.15, -0.1) is 0 Å². The second kappa shape index (κ2) is 6.15. The molecule has 2 bridgehead atoms. The number of hydrogen-bond donors (Lipinski definition) is 1. The number of fused-ring (bicyclic) bond motifs is 2. The molecule has 4 aliphatic rings. The number of aliphatic hydroxyl groups excluding tert-OH is 1. The molecule has 154 valence electrons. The van der Waals surface area contributed by atoms with Gasteiger partial charge in [0.15, 0.2) is 5.78 Å². The zero-order valence-electron chi connectivity index (χ0n) is 17.0. The van der Waals surface area contributed by atoms with Gasteiger partial charge in [-0.1, -0.05) is 20.4 Å². The first-order valence-corrected chi connectivity index (χ1v) is 10.3. The lowest BCUT2D eigenvalue weighted by Gasteiger charge is -2.62. The highest BCUT2D eigenvalue weighted by Crippen LogP contribution is 2.68. The molecule has 6 atom stereocenters. The highest BCUT2D eigenvalue weighted by molar-refractivity contribution is 6.15. The molecule has 1 heterocycles. The van der Waals surface area contributed by atoms with Crippen molar-refractivity contribution in [2.75, 3.05) is 13.2 Å². The first-order valence-electron chi connectivity index (χ1n) is 10.3. The van der Waals surface area contributed by atoms with Gasteiger partial charge in [0, 0.05) is 13.5 Å². The summed E-state index contributed by atoms with van der Waals surface area (Å²) in [5.74, 6) is -1.59. The molecule has 0 aromatic carbocycles. The second-order valence-electron chi connectivity index (χ2n) is 9.91. The molecule has 2 spiro atoms. The quantitative estimate of drug-likeness (QED) is 0.442. The van der Waals surface area contributed by atoms with Crippen molar-refractivity contribution in [1.82, 2.24) is 0 Å². The number of carbonyl (C=O) groups is 3. The van der Waals surface area contributed by atoms with Crippen LogP contribution in [0.15, 0.2) is 12.2 Å². The molecule has 4 rings (SSSR count). The van der Waals surface area contributed by atoms with Gasteiger partial charge in [0.25, 0.3) is 0 Å². The number of ketones is 1. The molecule has 0 radical (unpaired) electrons. The Bertz CT molecular complexity index is 754. The Balaban J connectivity index is 1.90. The Hall–Kier alpha value is -1.69. The Kier molecular flexibility index (Phi) is 4.31. The number of esters is 2. The number of cyclic esters (lactones) is 1. The van der Waals surface area contributed by atoms with Crippen LogP contribution in [0.2, 0.25) is 0 Å². The average molecular weight is 390 g/mol. The maximum Gasteiger partial charge on any atom is 0.320 e. The van der Waals surface area contributed by atoms with Crippen molar-refractivity contribution in [3.05, 3.63) is 12.2 Å². The van der Waals surface area contributed by atoms with Crippen LogP contribution in [-0.4, -0.2) is 42.1 Å². The summed E-state index contributed by atoms with van der Waals surface area (Å²) in [4.78, 5) is 38.2. The van der Waals surface area contributed by atoms with Crippen molar-refractivity contribution < 1.29 is 29.0 Å². The summed E-state index contributed by atoms with van der Waals surface area (Å²) in [6, 6.07) is 0. The molecule has 0 unspecified atom stereocenters. The first-order chi connectivity index (χ1) is 13.1. The van der Waals surface area contributed by atoms with Gasteiger partial charge in [-0.2, -0.15) is 0 Å². The highest BCUT2D eigenvalue weighted by Gasteiger charge is 2.74. The van der Waals surface area contributed by atoms with E-state index in [-0.39, 0.29) is 48.1 Å². The van der Waals surface area contributed by atoms with E-state index in [2.05, 4.69) is 20.4 Å². The maximum absolute atomic E-state index is 13.3. The third kappa shape index (κ3) is 2.27. The Morgan fingerprint density at radius 2 is 2.00 bits per heavy atom. The summed E-state index contributed by atoms with van der Waals surface area (Å²) in [6.45, 7) is 9.53. The topological polar surface area (TPSA) is 89.9 Å². The van der Waals surface area contributed by atoms with Crippen LogP contribution in [0.25, 0.3) is 0 Å². The van der Waals surface area contributed by atoms with Crippen LogP contribution in [0.4, 0.5) is 0 Å². The number of rotatable bonds is 2. The molecule has 6 heteroatoms. The number of allylic oxidation sites excluding steroid dienone is 1. The summed E-state index contributed by atoms with van der Waals surface area (Å²) in [5, 5.41) is 10.5. The predicted molar refractivity (Wildman–Crippen MR) is 99.9 cm³/mol. The van der Waals surface area contributed by atoms with Crippen LogP contribution in [-0.2, 0) is 23.9 Å². The smallest absolute Gasteiger partial charge is 0.320 e. The largest absolute Gasteiger partial charge is 0.464 e. The molecule has 0 amide bonds. The molecule has 0 aromatic heterocycles. The first kappa shape index (κ1) is 19.6. The van der Waals surface area contributed by atoms with E-state index in [9.17, 15) is 19.5 Å². The number of Topliss-reactive ketones (excluding diaryl/α,β-unsaturated/α-hetero) is 1.